The highest BCUT2D eigenvalue weighted by Gasteiger charge is 2.36. The number of aliphatic hydroxyl groups excluding tert-OH is 1. The average molecular weight is 620 g/mol. The first-order valence-electron chi connectivity index (χ1n) is 13.3. The van der Waals surface area contributed by atoms with Gasteiger partial charge in [-0.1, -0.05) is 30.7 Å². The minimum Gasteiger partial charge on any atom is -0.486 e. The SMILES string of the molecule is Cc1ccc(S(=O)(=O)Nc2cccc3c2O[C@H](CN(C)S(=O)(=O)c2ccc(F)cc2)[C@@H](C)CN([C@@H](C)CO)C3=O)cc1. The highest BCUT2D eigenvalue weighted by Crippen LogP contribution is 2.36. The van der Waals surface area contributed by atoms with Gasteiger partial charge in [0.2, 0.25) is 10.0 Å². The molecular formula is C29H34FN3O7S2. The molecule has 1 aliphatic heterocycles. The van der Waals surface area contributed by atoms with Crippen molar-refractivity contribution < 1.29 is 35.9 Å². The number of hydrogen-bond donors (Lipinski definition) is 2. The Morgan fingerprint density at radius 2 is 1.67 bits per heavy atom. The number of rotatable bonds is 9. The second-order valence-corrected chi connectivity index (χ2v) is 14.2. The van der Waals surface area contributed by atoms with E-state index in [0.717, 1.165) is 22.0 Å². The molecule has 3 atom stereocenters. The number of carbonyl (C=O) groups excluding carboxylic acids is 1. The van der Waals surface area contributed by atoms with E-state index in [1.54, 1.807) is 26.0 Å². The van der Waals surface area contributed by atoms with Crippen LogP contribution >= 0.6 is 0 Å². The van der Waals surface area contributed by atoms with E-state index >= 15 is 0 Å². The molecule has 1 amide bonds. The summed E-state index contributed by atoms with van der Waals surface area (Å²) in [5.74, 6) is -1.56. The van der Waals surface area contributed by atoms with E-state index in [0.29, 0.717) is 0 Å². The molecule has 4 rings (SSSR count). The Morgan fingerprint density at radius 1 is 1.05 bits per heavy atom. The number of hydrogen-bond acceptors (Lipinski definition) is 7. The van der Waals surface area contributed by atoms with Gasteiger partial charge in [-0.15, -0.1) is 0 Å². The summed E-state index contributed by atoms with van der Waals surface area (Å²) >= 11 is 0. The molecule has 0 spiro atoms. The van der Waals surface area contributed by atoms with Gasteiger partial charge < -0.3 is 14.7 Å². The molecule has 42 heavy (non-hydrogen) atoms. The Balaban J connectivity index is 1.76. The summed E-state index contributed by atoms with van der Waals surface area (Å²) in [5.41, 5.74) is 0.934. The Hall–Kier alpha value is -3.52. The maximum atomic E-state index is 13.7. The normalized spacial score (nSPS) is 18.5. The zero-order chi connectivity index (χ0) is 30.8. The van der Waals surface area contributed by atoms with Gasteiger partial charge in [0.15, 0.2) is 5.75 Å². The van der Waals surface area contributed by atoms with Gasteiger partial charge in [-0.25, -0.2) is 21.2 Å². The molecule has 3 aromatic carbocycles. The number of nitrogens with one attached hydrogen (secondary N) is 1. The Labute approximate surface area is 245 Å². The van der Waals surface area contributed by atoms with Crippen molar-refractivity contribution in [3.8, 4) is 5.75 Å². The van der Waals surface area contributed by atoms with Crippen LogP contribution in [0.1, 0.15) is 29.8 Å². The number of likely N-dealkylation sites (N-methyl/N-ethyl adjacent to an activating group) is 1. The van der Waals surface area contributed by atoms with Gasteiger partial charge in [0.25, 0.3) is 15.9 Å². The van der Waals surface area contributed by atoms with Crippen LogP contribution in [0.5, 0.6) is 5.75 Å². The fourth-order valence-electron chi connectivity index (χ4n) is 4.60. The van der Waals surface area contributed by atoms with Crippen molar-refractivity contribution in [1.82, 2.24) is 9.21 Å². The topological polar surface area (TPSA) is 133 Å². The number of anilines is 1. The van der Waals surface area contributed by atoms with Crippen LogP contribution in [0.25, 0.3) is 0 Å². The third-order valence-corrected chi connectivity index (χ3v) is 10.4. The smallest absolute Gasteiger partial charge is 0.262 e. The minimum absolute atomic E-state index is 0.00108. The molecule has 3 aromatic rings. The van der Waals surface area contributed by atoms with E-state index in [4.69, 9.17) is 4.74 Å². The fraction of sp³-hybridized carbons (Fsp3) is 0.345. The fourth-order valence-corrected chi connectivity index (χ4v) is 6.85. The number of aryl methyl sites for hydroxylation is 1. The van der Waals surface area contributed by atoms with E-state index in [2.05, 4.69) is 4.72 Å². The molecule has 0 saturated carbocycles. The standard InChI is InChI=1S/C29H34FN3O7S2/c1-19-8-12-23(13-9-19)41(36,37)31-26-7-5-6-25-28(26)40-27(20(2)16-33(29(25)35)21(3)18-34)17-32(4)42(38,39)24-14-10-22(30)11-15-24/h5-15,20-21,27,31,34H,16-18H2,1-4H3/t20-,21-,27+/m0/s1. The Morgan fingerprint density at radius 3 is 2.29 bits per heavy atom. The molecule has 226 valence electrons. The van der Waals surface area contributed by atoms with Crippen LogP contribution in [-0.2, 0) is 20.0 Å². The van der Waals surface area contributed by atoms with E-state index in [1.165, 1.54) is 54.4 Å². The minimum atomic E-state index is -4.09. The molecule has 0 aromatic heterocycles. The van der Waals surface area contributed by atoms with Crippen molar-refractivity contribution >= 4 is 31.6 Å². The lowest BCUT2D eigenvalue weighted by Gasteiger charge is -2.38. The van der Waals surface area contributed by atoms with E-state index < -0.39 is 49.8 Å². The van der Waals surface area contributed by atoms with Gasteiger partial charge in [-0.2, -0.15) is 4.31 Å². The number of benzene rings is 3. The Kier molecular flexibility index (Phi) is 9.26. The Bertz CT molecular complexity index is 1650. The van der Waals surface area contributed by atoms with Crippen LogP contribution in [-0.4, -0.2) is 75.9 Å². The van der Waals surface area contributed by atoms with Crippen LogP contribution in [0.2, 0.25) is 0 Å². The number of carbonyl (C=O) groups is 1. The molecule has 0 aliphatic carbocycles. The van der Waals surface area contributed by atoms with Crippen LogP contribution < -0.4 is 9.46 Å². The summed E-state index contributed by atoms with van der Waals surface area (Å²) in [6, 6.07) is 14.6. The summed E-state index contributed by atoms with van der Waals surface area (Å²) in [5, 5.41) is 9.89. The predicted molar refractivity (Wildman–Crippen MR) is 156 cm³/mol. The molecule has 0 radical (unpaired) electrons. The van der Waals surface area contributed by atoms with Gasteiger partial charge in [0, 0.05) is 19.5 Å². The summed E-state index contributed by atoms with van der Waals surface area (Å²) in [7, 11) is -6.77. The quantitative estimate of drug-likeness (QED) is 0.375. The van der Waals surface area contributed by atoms with Crippen molar-refractivity contribution in [2.75, 3.05) is 31.5 Å². The van der Waals surface area contributed by atoms with Crippen molar-refractivity contribution in [2.24, 2.45) is 5.92 Å². The maximum absolute atomic E-state index is 13.7. The second-order valence-electron chi connectivity index (χ2n) is 10.5. The third kappa shape index (κ3) is 6.59. The summed E-state index contributed by atoms with van der Waals surface area (Å²) in [4.78, 5) is 15.0. The van der Waals surface area contributed by atoms with Crippen LogP contribution in [0.4, 0.5) is 10.1 Å². The van der Waals surface area contributed by atoms with Crippen molar-refractivity contribution in [3.05, 3.63) is 83.7 Å². The van der Waals surface area contributed by atoms with Crippen molar-refractivity contribution in [2.45, 2.75) is 42.7 Å². The lowest BCUT2D eigenvalue weighted by Crippen LogP contribution is -2.50. The van der Waals surface area contributed by atoms with E-state index in [9.17, 15) is 31.1 Å². The van der Waals surface area contributed by atoms with E-state index in [-0.39, 0.29) is 46.5 Å². The first-order chi connectivity index (χ1) is 19.7. The van der Waals surface area contributed by atoms with E-state index in [1.807, 2.05) is 6.92 Å². The molecule has 0 fully saturated rings. The highest BCUT2D eigenvalue weighted by molar-refractivity contribution is 7.92. The van der Waals surface area contributed by atoms with Gasteiger partial charge in [-0.3, -0.25) is 9.52 Å². The number of nitrogens with zero attached hydrogens (tertiary/aromatic N) is 2. The second kappa shape index (κ2) is 12.4. The number of aliphatic hydroxyl groups is 1. The molecule has 0 bridgehead atoms. The summed E-state index contributed by atoms with van der Waals surface area (Å²) in [6.07, 6.45) is -0.851. The first-order valence-corrected chi connectivity index (χ1v) is 16.2. The van der Waals surface area contributed by atoms with Gasteiger partial charge in [0.1, 0.15) is 11.9 Å². The third-order valence-electron chi connectivity index (χ3n) is 7.23. The zero-order valence-electron chi connectivity index (χ0n) is 23.7. The number of halogens is 1. The van der Waals surface area contributed by atoms with Crippen molar-refractivity contribution in [3.63, 3.8) is 0 Å². The molecule has 10 nitrogen and oxygen atoms in total. The van der Waals surface area contributed by atoms with Gasteiger partial charge in [0.05, 0.1) is 40.2 Å². The lowest BCUT2D eigenvalue weighted by atomic mass is 9.99. The van der Waals surface area contributed by atoms with Gasteiger partial charge in [-0.05, 0) is 62.4 Å². The maximum Gasteiger partial charge on any atom is 0.262 e. The lowest BCUT2D eigenvalue weighted by molar-refractivity contribution is 0.0389. The van der Waals surface area contributed by atoms with Crippen LogP contribution in [0, 0.1) is 18.7 Å². The number of sulfonamides is 2. The number of amides is 1. The predicted octanol–water partition coefficient (Wildman–Crippen LogP) is 3.48. The highest BCUT2D eigenvalue weighted by atomic mass is 32.2. The number of fused-ring (bicyclic) bond motifs is 1. The first kappa shape index (κ1) is 31.4. The number of ether oxygens (including phenoxy) is 1. The molecule has 1 heterocycles. The molecule has 0 saturated heterocycles. The molecule has 2 N–H and O–H groups in total. The van der Waals surface area contributed by atoms with Crippen LogP contribution in [0.3, 0.4) is 0 Å². The average Bonchev–Trinajstić information content (AvgIpc) is 2.95. The molecule has 1 aliphatic rings. The largest absolute Gasteiger partial charge is 0.486 e. The summed E-state index contributed by atoms with van der Waals surface area (Å²) < 4.78 is 76.5. The van der Waals surface area contributed by atoms with Gasteiger partial charge >= 0.3 is 0 Å². The monoisotopic (exact) mass is 619 g/mol. The van der Waals surface area contributed by atoms with Crippen LogP contribution in [0.15, 0.2) is 76.5 Å². The van der Waals surface area contributed by atoms with Crippen molar-refractivity contribution in [1.29, 1.82) is 0 Å². The molecule has 0 unspecified atom stereocenters. The summed E-state index contributed by atoms with van der Waals surface area (Å²) in [6.45, 7) is 4.92. The molecule has 13 heteroatoms. The number of para-hydroxylation sites is 1. The molecular weight excluding hydrogens is 585 g/mol. The zero-order valence-corrected chi connectivity index (χ0v) is 25.3.